The number of allylic oxidation sites excluding steroid dienone is 1. The summed E-state index contributed by atoms with van der Waals surface area (Å²) in [4.78, 5) is 12.1. The molecular weight excluding hydrogens is 242 g/mol. The molecular formula is C11H9NO2S2. The van der Waals surface area contributed by atoms with E-state index < -0.39 is 0 Å². The van der Waals surface area contributed by atoms with Crippen molar-refractivity contribution in [1.82, 2.24) is 5.32 Å². The van der Waals surface area contributed by atoms with E-state index in [0.717, 1.165) is 11.1 Å². The summed E-state index contributed by atoms with van der Waals surface area (Å²) in [6, 6.07) is 6.80. The SMILES string of the molecule is C/C(=C1\SC(=S)NC1=O)c1cccc(O)c1. The van der Waals surface area contributed by atoms with E-state index >= 15 is 0 Å². The Hall–Kier alpha value is -1.33. The number of hydrogen-bond donors (Lipinski definition) is 2. The molecule has 5 heteroatoms. The van der Waals surface area contributed by atoms with Crippen molar-refractivity contribution in [1.29, 1.82) is 0 Å². The number of thioether (sulfide) groups is 1. The van der Waals surface area contributed by atoms with Crippen LogP contribution < -0.4 is 5.32 Å². The van der Waals surface area contributed by atoms with Crippen LogP contribution in [-0.4, -0.2) is 15.3 Å². The van der Waals surface area contributed by atoms with Crippen molar-refractivity contribution in [3.63, 3.8) is 0 Å². The molecule has 0 radical (unpaired) electrons. The maximum Gasteiger partial charge on any atom is 0.263 e. The lowest BCUT2D eigenvalue weighted by Crippen LogP contribution is -2.18. The molecule has 0 aliphatic carbocycles. The van der Waals surface area contributed by atoms with Crippen molar-refractivity contribution in [3.05, 3.63) is 34.7 Å². The first kappa shape index (κ1) is 11.2. The van der Waals surface area contributed by atoms with Crippen LogP contribution in [0.2, 0.25) is 0 Å². The van der Waals surface area contributed by atoms with Crippen LogP contribution in [0.5, 0.6) is 5.75 Å². The number of benzene rings is 1. The number of carbonyl (C=O) groups is 1. The molecule has 0 unspecified atom stereocenters. The minimum atomic E-state index is -0.171. The lowest BCUT2D eigenvalue weighted by molar-refractivity contribution is -0.115. The second-order valence-corrected chi connectivity index (χ2v) is 5.04. The summed E-state index contributed by atoms with van der Waals surface area (Å²) >= 11 is 6.17. The van der Waals surface area contributed by atoms with Gasteiger partial charge in [-0.2, -0.15) is 0 Å². The molecule has 1 saturated heterocycles. The van der Waals surface area contributed by atoms with Gasteiger partial charge in [-0.3, -0.25) is 4.79 Å². The second-order valence-electron chi connectivity index (χ2n) is 3.35. The quantitative estimate of drug-likeness (QED) is 0.594. The van der Waals surface area contributed by atoms with Crippen LogP contribution in [0.15, 0.2) is 29.2 Å². The Morgan fingerprint density at radius 3 is 2.81 bits per heavy atom. The molecule has 0 saturated carbocycles. The normalized spacial score (nSPS) is 18.6. The van der Waals surface area contributed by atoms with Crippen LogP contribution in [0.4, 0.5) is 0 Å². The Balaban J connectivity index is 2.45. The Morgan fingerprint density at radius 2 is 2.25 bits per heavy atom. The molecule has 0 bridgehead atoms. The van der Waals surface area contributed by atoms with Crippen LogP contribution in [0, 0.1) is 0 Å². The van der Waals surface area contributed by atoms with Gasteiger partial charge >= 0.3 is 0 Å². The number of carbonyl (C=O) groups excluding carboxylic acids is 1. The third-order valence-electron chi connectivity index (χ3n) is 2.24. The van der Waals surface area contributed by atoms with Crippen molar-refractivity contribution < 1.29 is 9.90 Å². The van der Waals surface area contributed by atoms with E-state index in [-0.39, 0.29) is 11.7 Å². The van der Waals surface area contributed by atoms with Crippen LogP contribution in [0.1, 0.15) is 12.5 Å². The third kappa shape index (κ3) is 2.10. The zero-order valence-corrected chi connectivity index (χ0v) is 10.1. The highest BCUT2D eigenvalue weighted by atomic mass is 32.2. The van der Waals surface area contributed by atoms with Crippen LogP contribution in [0.25, 0.3) is 5.57 Å². The molecule has 1 aromatic carbocycles. The number of nitrogens with one attached hydrogen (secondary N) is 1. The van der Waals surface area contributed by atoms with E-state index in [9.17, 15) is 9.90 Å². The van der Waals surface area contributed by atoms with Crippen LogP contribution in [-0.2, 0) is 4.79 Å². The Bertz CT molecular complexity index is 508. The summed E-state index contributed by atoms with van der Waals surface area (Å²) in [5.74, 6) is 0.0132. The third-order valence-corrected chi connectivity index (χ3v) is 3.57. The Kier molecular flexibility index (Phi) is 2.98. The summed E-state index contributed by atoms with van der Waals surface area (Å²) in [7, 11) is 0. The van der Waals surface area contributed by atoms with Gasteiger partial charge in [0.05, 0.1) is 4.91 Å². The predicted octanol–water partition coefficient (Wildman–Crippen LogP) is 2.27. The van der Waals surface area contributed by atoms with Gasteiger partial charge in [-0.25, -0.2) is 0 Å². The van der Waals surface area contributed by atoms with Crippen molar-refractivity contribution in [2.24, 2.45) is 0 Å². The average Bonchev–Trinajstić information content (AvgIpc) is 2.57. The highest BCUT2D eigenvalue weighted by molar-refractivity contribution is 8.26. The average molecular weight is 251 g/mol. The summed E-state index contributed by atoms with van der Waals surface area (Å²) in [5, 5.41) is 11.9. The molecule has 0 aromatic heterocycles. The lowest BCUT2D eigenvalue weighted by Gasteiger charge is -2.04. The first-order valence-corrected chi connectivity index (χ1v) is 5.84. The minimum Gasteiger partial charge on any atom is -0.508 e. The Morgan fingerprint density at radius 1 is 1.50 bits per heavy atom. The lowest BCUT2D eigenvalue weighted by atomic mass is 10.1. The minimum absolute atomic E-state index is 0.171. The van der Waals surface area contributed by atoms with E-state index in [0.29, 0.717) is 9.23 Å². The number of phenolic OH excluding ortho intramolecular Hbond substituents is 1. The highest BCUT2D eigenvalue weighted by Gasteiger charge is 2.24. The van der Waals surface area contributed by atoms with E-state index in [4.69, 9.17) is 12.2 Å². The molecule has 1 amide bonds. The van der Waals surface area contributed by atoms with Crippen molar-refractivity contribution in [2.45, 2.75) is 6.92 Å². The predicted molar refractivity (Wildman–Crippen MR) is 69.0 cm³/mol. The maximum atomic E-state index is 11.5. The van der Waals surface area contributed by atoms with Crippen molar-refractivity contribution >= 4 is 39.8 Å². The number of amides is 1. The van der Waals surface area contributed by atoms with Gasteiger partial charge in [-0.15, -0.1) is 0 Å². The molecule has 1 aromatic rings. The van der Waals surface area contributed by atoms with Gasteiger partial charge in [0.25, 0.3) is 5.91 Å². The Labute approximate surface area is 103 Å². The molecule has 1 aliphatic rings. The standard InChI is InChI=1S/C11H9NO2S2/c1-6(7-3-2-4-8(13)5-7)9-10(14)12-11(15)16-9/h2-5,13H,1H3,(H,12,14,15)/b9-6+. The molecule has 2 rings (SSSR count). The molecule has 1 heterocycles. The van der Waals surface area contributed by atoms with Gasteiger partial charge < -0.3 is 10.4 Å². The largest absolute Gasteiger partial charge is 0.508 e. The molecule has 0 atom stereocenters. The topological polar surface area (TPSA) is 49.3 Å². The van der Waals surface area contributed by atoms with E-state index in [1.54, 1.807) is 18.2 Å². The molecule has 82 valence electrons. The fraction of sp³-hybridized carbons (Fsp3) is 0.0909. The van der Waals surface area contributed by atoms with Crippen molar-refractivity contribution in [3.8, 4) is 5.75 Å². The van der Waals surface area contributed by atoms with Gasteiger partial charge in [-0.05, 0) is 30.2 Å². The number of phenols is 1. The summed E-state index contributed by atoms with van der Waals surface area (Å²) < 4.78 is 0.472. The monoisotopic (exact) mass is 251 g/mol. The number of rotatable bonds is 1. The van der Waals surface area contributed by atoms with Gasteiger partial charge in [0.15, 0.2) is 0 Å². The van der Waals surface area contributed by atoms with Gasteiger partial charge in [-0.1, -0.05) is 36.1 Å². The molecule has 0 spiro atoms. The molecule has 2 N–H and O–H groups in total. The van der Waals surface area contributed by atoms with E-state index in [1.165, 1.54) is 11.8 Å². The first-order valence-electron chi connectivity index (χ1n) is 4.61. The molecule has 1 fully saturated rings. The van der Waals surface area contributed by atoms with Gasteiger partial charge in [0, 0.05) is 0 Å². The highest BCUT2D eigenvalue weighted by Crippen LogP contribution is 2.32. The van der Waals surface area contributed by atoms with E-state index in [1.807, 2.05) is 13.0 Å². The fourth-order valence-corrected chi connectivity index (χ4v) is 2.52. The summed E-state index contributed by atoms with van der Waals surface area (Å²) in [5.41, 5.74) is 1.64. The number of thiocarbonyl (C=S) groups is 1. The zero-order chi connectivity index (χ0) is 11.7. The first-order chi connectivity index (χ1) is 7.58. The smallest absolute Gasteiger partial charge is 0.263 e. The summed E-state index contributed by atoms with van der Waals surface area (Å²) in [6.45, 7) is 1.84. The van der Waals surface area contributed by atoms with Crippen molar-refractivity contribution in [2.75, 3.05) is 0 Å². The maximum absolute atomic E-state index is 11.5. The zero-order valence-electron chi connectivity index (χ0n) is 8.48. The second kappa shape index (κ2) is 4.27. The molecule has 16 heavy (non-hydrogen) atoms. The van der Waals surface area contributed by atoms with Gasteiger partial charge in [0.2, 0.25) is 0 Å². The number of aromatic hydroxyl groups is 1. The molecule has 1 aliphatic heterocycles. The molecule has 3 nitrogen and oxygen atoms in total. The van der Waals surface area contributed by atoms with Crippen LogP contribution in [0.3, 0.4) is 0 Å². The van der Waals surface area contributed by atoms with E-state index in [2.05, 4.69) is 5.32 Å². The number of hydrogen-bond acceptors (Lipinski definition) is 4. The van der Waals surface area contributed by atoms with Gasteiger partial charge in [0.1, 0.15) is 10.1 Å². The van der Waals surface area contributed by atoms with Crippen LogP contribution >= 0.6 is 24.0 Å². The fourth-order valence-electron chi connectivity index (χ4n) is 1.43. The summed E-state index contributed by atoms with van der Waals surface area (Å²) in [6.07, 6.45) is 0.